The molecule has 0 bridgehead atoms. The molecule has 20 heavy (non-hydrogen) atoms. The Hall–Kier alpha value is -2.46. The minimum absolute atomic E-state index is 0.0456. The first-order chi connectivity index (χ1) is 9.59. The molecule has 2 aromatic carbocycles. The van der Waals surface area contributed by atoms with Gasteiger partial charge in [0.2, 0.25) is 0 Å². The molecule has 0 amide bonds. The molecule has 100 valence electrons. The number of para-hydroxylation sites is 1. The van der Waals surface area contributed by atoms with Crippen LogP contribution in [-0.4, -0.2) is 10.7 Å². The van der Waals surface area contributed by atoms with Gasteiger partial charge in [0.1, 0.15) is 0 Å². The standard InChI is InChI=1S/C15H10ClNO3/c16-13-7-3-2-6-12(13)15(18)10-9-11-5-1-4-8-14(11)17(19)20/h1-10H/b10-9+. The molecule has 2 aromatic rings. The number of carbonyl (C=O) groups excluding carboxylic acids is 1. The molecular weight excluding hydrogens is 278 g/mol. The number of allylic oxidation sites excluding steroid dienone is 1. The number of nitro benzene ring substituents is 1. The first kappa shape index (κ1) is 14.0. The summed E-state index contributed by atoms with van der Waals surface area (Å²) in [7, 11) is 0. The van der Waals surface area contributed by atoms with E-state index in [4.69, 9.17) is 11.6 Å². The molecule has 2 rings (SSSR count). The summed E-state index contributed by atoms with van der Waals surface area (Å²) in [6, 6.07) is 12.9. The summed E-state index contributed by atoms with van der Waals surface area (Å²) in [4.78, 5) is 22.3. The fourth-order valence-corrected chi connectivity index (χ4v) is 1.94. The number of hydrogen-bond donors (Lipinski definition) is 0. The van der Waals surface area contributed by atoms with E-state index in [1.54, 1.807) is 42.5 Å². The molecule has 0 heterocycles. The van der Waals surface area contributed by atoms with Gasteiger partial charge in [-0.25, -0.2) is 0 Å². The van der Waals surface area contributed by atoms with Gasteiger partial charge in [-0.1, -0.05) is 35.9 Å². The van der Waals surface area contributed by atoms with Crippen LogP contribution in [0.1, 0.15) is 15.9 Å². The Morgan fingerprint density at radius 3 is 2.45 bits per heavy atom. The number of benzene rings is 2. The quantitative estimate of drug-likeness (QED) is 0.367. The van der Waals surface area contributed by atoms with Crippen LogP contribution in [0.15, 0.2) is 54.6 Å². The van der Waals surface area contributed by atoms with Crippen molar-refractivity contribution in [3.8, 4) is 0 Å². The van der Waals surface area contributed by atoms with Crippen molar-refractivity contribution in [2.75, 3.05) is 0 Å². The highest BCUT2D eigenvalue weighted by Crippen LogP contribution is 2.20. The predicted molar refractivity (Wildman–Crippen MR) is 77.9 cm³/mol. The molecule has 0 aromatic heterocycles. The second-order valence-corrected chi connectivity index (χ2v) is 4.40. The largest absolute Gasteiger partial charge is 0.289 e. The van der Waals surface area contributed by atoms with E-state index < -0.39 is 4.92 Å². The Balaban J connectivity index is 2.29. The van der Waals surface area contributed by atoms with E-state index in [0.717, 1.165) is 0 Å². The van der Waals surface area contributed by atoms with Gasteiger partial charge in [-0.15, -0.1) is 0 Å². The lowest BCUT2D eigenvalue weighted by Crippen LogP contribution is -1.95. The molecule has 0 spiro atoms. The lowest BCUT2D eigenvalue weighted by molar-refractivity contribution is -0.385. The summed E-state index contributed by atoms with van der Waals surface area (Å²) < 4.78 is 0. The first-order valence-electron chi connectivity index (χ1n) is 5.80. The zero-order valence-corrected chi connectivity index (χ0v) is 11.1. The summed E-state index contributed by atoms with van der Waals surface area (Å²) in [5, 5.41) is 11.2. The minimum Gasteiger partial charge on any atom is -0.289 e. The maximum atomic E-state index is 12.0. The second kappa shape index (κ2) is 6.12. The highest BCUT2D eigenvalue weighted by molar-refractivity contribution is 6.34. The fraction of sp³-hybridized carbons (Fsp3) is 0. The predicted octanol–water partition coefficient (Wildman–Crippen LogP) is 4.14. The maximum Gasteiger partial charge on any atom is 0.276 e. The van der Waals surface area contributed by atoms with E-state index in [9.17, 15) is 14.9 Å². The van der Waals surface area contributed by atoms with Crippen LogP contribution >= 0.6 is 11.6 Å². The van der Waals surface area contributed by atoms with E-state index >= 15 is 0 Å². The molecule has 5 heteroatoms. The normalized spacial score (nSPS) is 10.7. The number of carbonyl (C=O) groups is 1. The Kier molecular flexibility index (Phi) is 4.27. The van der Waals surface area contributed by atoms with Crippen molar-refractivity contribution >= 4 is 29.1 Å². The van der Waals surface area contributed by atoms with Crippen molar-refractivity contribution in [3.63, 3.8) is 0 Å². The van der Waals surface area contributed by atoms with Gasteiger partial charge in [0.05, 0.1) is 15.5 Å². The van der Waals surface area contributed by atoms with Crippen molar-refractivity contribution in [1.29, 1.82) is 0 Å². The summed E-state index contributed by atoms with van der Waals surface area (Å²) in [5.41, 5.74) is 0.692. The third-order valence-corrected chi connectivity index (χ3v) is 3.02. The van der Waals surface area contributed by atoms with Crippen LogP contribution in [0.25, 0.3) is 6.08 Å². The number of nitro groups is 1. The molecule has 0 saturated heterocycles. The van der Waals surface area contributed by atoms with E-state index in [1.807, 2.05) is 0 Å². The lowest BCUT2D eigenvalue weighted by atomic mass is 10.1. The molecule has 0 saturated carbocycles. The van der Waals surface area contributed by atoms with Gasteiger partial charge in [-0.2, -0.15) is 0 Å². The molecule has 0 unspecified atom stereocenters. The smallest absolute Gasteiger partial charge is 0.276 e. The molecule has 0 N–H and O–H groups in total. The highest BCUT2D eigenvalue weighted by Gasteiger charge is 2.11. The van der Waals surface area contributed by atoms with Crippen molar-refractivity contribution in [3.05, 3.63) is 80.9 Å². The van der Waals surface area contributed by atoms with E-state index in [1.165, 1.54) is 18.2 Å². The van der Waals surface area contributed by atoms with Gasteiger partial charge in [0, 0.05) is 11.6 Å². The van der Waals surface area contributed by atoms with Crippen molar-refractivity contribution in [1.82, 2.24) is 0 Å². The zero-order valence-electron chi connectivity index (χ0n) is 10.3. The molecule has 0 fully saturated rings. The number of halogens is 1. The molecule has 0 atom stereocenters. The summed E-state index contributed by atoms with van der Waals surface area (Å²) in [5.74, 6) is -0.297. The Bertz CT molecular complexity index is 695. The summed E-state index contributed by atoms with van der Waals surface area (Å²) in [6.45, 7) is 0. The molecule has 0 aliphatic rings. The average molecular weight is 288 g/mol. The third kappa shape index (κ3) is 3.10. The molecule has 0 aliphatic carbocycles. The number of nitrogens with zero attached hydrogens (tertiary/aromatic N) is 1. The Morgan fingerprint density at radius 1 is 1.10 bits per heavy atom. The number of ketones is 1. The highest BCUT2D eigenvalue weighted by atomic mass is 35.5. The van der Waals surface area contributed by atoms with Crippen LogP contribution < -0.4 is 0 Å². The Morgan fingerprint density at radius 2 is 1.75 bits per heavy atom. The average Bonchev–Trinajstić information content (AvgIpc) is 2.45. The van der Waals surface area contributed by atoms with Gasteiger partial charge in [0.15, 0.2) is 5.78 Å². The third-order valence-electron chi connectivity index (χ3n) is 2.69. The SMILES string of the molecule is O=C(/C=C/c1ccccc1[N+](=O)[O-])c1ccccc1Cl. The molecular formula is C15H10ClNO3. The van der Waals surface area contributed by atoms with Crippen molar-refractivity contribution < 1.29 is 9.72 Å². The van der Waals surface area contributed by atoms with Crippen LogP contribution in [0.5, 0.6) is 0 Å². The van der Waals surface area contributed by atoms with Gasteiger partial charge in [-0.3, -0.25) is 14.9 Å². The van der Waals surface area contributed by atoms with Crippen molar-refractivity contribution in [2.24, 2.45) is 0 Å². The number of hydrogen-bond acceptors (Lipinski definition) is 3. The number of rotatable bonds is 4. The zero-order chi connectivity index (χ0) is 14.5. The van der Waals surface area contributed by atoms with E-state index in [2.05, 4.69) is 0 Å². The monoisotopic (exact) mass is 287 g/mol. The maximum absolute atomic E-state index is 12.0. The Labute approximate surface area is 120 Å². The van der Waals surface area contributed by atoms with Crippen LogP contribution in [0.3, 0.4) is 0 Å². The van der Waals surface area contributed by atoms with Crippen molar-refractivity contribution in [2.45, 2.75) is 0 Å². The van der Waals surface area contributed by atoms with Crippen LogP contribution in [0.4, 0.5) is 5.69 Å². The van der Waals surface area contributed by atoms with E-state index in [0.29, 0.717) is 16.1 Å². The molecule has 0 radical (unpaired) electrons. The lowest BCUT2D eigenvalue weighted by Gasteiger charge is -1.99. The van der Waals surface area contributed by atoms with Crippen LogP contribution in [-0.2, 0) is 0 Å². The second-order valence-electron chi connectivity index (χ2n) is 3.99. The topological polar surface area (TPSA) is 60.2 Å². The molecule has 4 nitrogen and oxygen atoms in total. The fourth-order valence-electron chi connectivity index (χ4n) is 1.71. The van der Waals surface area contributed by atoms with E-state index in [-0.39, 0.29) is 11.5 Å². The van der Waals surface area contributed by atoms with Gasteiger partial charge in [-0.05, 0) is 30.4 Å². The van der Waals surface area contributed by atoms with Gasteiger partial charge in [0.25, 0.3) is 5.69 Å². The summed E-state index contributed by atoms with van der Waals surface area (Å²) >= 11 is 5.92. The van der Waals surface area contributed by atoms with Crippen LogP contribution in [0.2, 0.25) is 5.02 Å². The minimum atomic E-state index is -0.486. The van der Waals surface area contributed by atoms with Crippen LogP contribution in [0, 0.1) is 10.1 Å². The molecule has 0 aliphatic heterocycles. The van der Waals surface area contributed by atoms with Gasteiger partial charge >= 0.3 is 0 Å². The van der Waals surface area contributed by atoms with Gasteiger partial charge < -0.3 is 0 Å². The first-order valence-corrected chi connectivity index (χ1v) is 6.18. The summed E-state index contributed by atoms with van der Waals surface area (Å²) in [6.07, 6.45) is 2.70.